The van der Waals surface area contributed by atoms with E-state index in [-0.39, 0.29) is 0 Å². The fourth-order valence-corrected chi connectivity index (χ4v) is 10.3. The average Bonchev–Trinajstić information content (AvgIpc) is 3.91. The maximum Gasteiger partial charge on any atom is 0.0713 e. The SMILES string of the molecule is C1=Cc2c(n(-c3ccccc3)c3cc(-c4ccc5c(c4)c4ccccc4n5-c4ccc(C5(c6ccccc6)c6ccccc6-c6ccccc65)cc4)ccc23)CC1. The Morgan fingerprint density at radius 2 is 1.00 bits per heavy atom. The zero-order chi connectivity index (χ0) is 37.5. The summed E-state index contributed by atoms with van der Waals surface area (Å²) in [5, 5.41) is 3.83. The van der Waals surface area contributed by atoms with Crippen molar-refractivity contribution in [3.05, 3.63) is 234 Å². The van der Waals surface area contributed by atoms with E-state index in [0.29, 0.717) is 0 Å². The summed E-state index contributed by atoms with van der Waals surface area (Å²) in [6, 6.07) is 72.1. The molecule has 2 heteroatoms. The molecule has 0 N–H and O–H groups in total. The van der Waals surface area contributed by atoms with Crippen LogP contribution in [-0.4, -0.2) is 9.13 Å². The summed E-state index contributed by atoms with van der Waals surface area (Å²) in [6.45, 7) is 0. The van der Waals surface area contributed by atoms with Gasteiger partial charge in [0.1, 0.15) is 0 Å². The maximum absolute atomic E-state index is 2.48. The first-order valence-corrected chi connectivity index (χ1v) is 20.1. The van der Waals surface area contributed by atoms with E-state index >= 15 is 0 Å². The predicted molar refractivity (Wildman–Crippen MR) is 238 cm³/mol. The number of para-hydroxylation sites is 2. The van der Waals surface area contributed by atoms with Crippen molar-refractivity contribution >= 4 is 38.8 Å². The van der Waals surface area contributed by atoms with E-state index in [1.54, 1.807) is 0 Å². The molecule has 2 aliphatic rings. The zero-order valence-electron chi connectivity index (χ0n) is 31.4. The number of rotatable bonds is 5. The third kappa shape index (κ3) is 4.59. The molecule has 0 fully saturated rings. The highest BCUT2D eigenvalue weighted by Gasteiger charge is 2.45. The minimum atomic E-state index is -0.417. The van der Waals surface area contributed by atoms with Crippen molar-refractivity contribution in [2.24, 2.45) is 0 Å². The molecule has 57 heavy (non-hydrogen) atoms. The van der Waals surface area contributed by atoms with E-state index in [1.165, 1.54) is 94.2 Å². The third-order valence-electron chi connectivity index (χ3n) is 12.7. The van der Waals surface area contributed by atoms with Crippen molar-refractivity contribution in [2.75, 3.05) is 0 Å². The van der Waals surface area contributed by atoms with E-state index in [9.17, 15) is 0 Å². The van der Waals surface area contributed by atoms with Crippen LogP contribution in [0.25, 0.3) is 72.4 Å². The second kappa shape index (κ2) is 12.4. The number of allylic oxidation sites excluding steroid dienone is 1. The van der Waals surface area contributed by atoms with Crippen LogP contribution in [0.5, 0.6) is 0 Å². The van der Waals surface area contributed by atoms with E-state index in [0.717, 1.165) is 18.5 Å². The summed E-state index contributed by atoms with van der Waals surface area (Å²) in [7, 11) is 0. The largest absolute Gasteiger partial charge is 0.313 e. The van der Waals surface area contributed by atoms with Crippen LogP contribution in [0.15, 0.2) is 200 Å². The van der Waals surface area contributed by atoms with Gasteiger partial charge in [0.05, 0.1) is 22.0 Å². The molecule has 2 heterocycles. The van der Waals surface area contributed by atoms with Crippen molar-refractivity contribution in [1.29, 1.82) is 0 Å². The van der Waals surface area contributed by atoms with Crippen LogP contribution >= 0.6 is 0 Å². The molecule has 0 spiro atoms. The molecule has 12 rings (SSSR count). The molecule has 0 saturated heterocycles. The first kappa shape index (κ1) is 32.1. The van der Waals surface area contributed by atoms with Crippen LogP contribution < -0.4 is 0 Å². The summed E-state index contributed by atoms with van der Waals surface area (Å²) in [5.41, 5.74) is 18.7. The fraction of sp³-hybridized carbons (Fsp3) is 0.0545. The van der Waals surface area contributed by atoms with Crippen LogP contribution in [0.4, 0.5) is 0 Å². The van der Waals surface area contributed by atoms with Gasteiger partial charge in [0.2, 0.25) is 0 Å². The van der Waals surface area contributed by atoms with Crippen LogP contribution in [0.2, 0.25) is 0 Å². The van der Waals surface area contributed by atoms with Gasteiger partial charge in [0.25, 0.3) is 0 Å². The van der Waals surface area contributed by atoms with Gasteiger partial charge < -0.3 is 9.13 Å². The lowest BCUT2D eigenvalue weighted by Crippen LogP contribution is -2.28. The van der Waals surface area contributed by atoms with Gasteiger partial charge in [-0.05, 0) is 106 Å². The van der Waals surface area contributed by atoms with Gasteiger partial charge in [-0.15, -0.1) is 0 Å². The van der Waals surface area contributed by atoms with E-state index in [4.69, 9.17) is 0 Å². The molecule has 0 aliphatic heterocycles. The van der Waals surface area contributed by atoms with E-state index in [1.807, 2.05) is 0 Å². The smallest absolute Gasteiger partial charge is 0.0713 e. The molecule has 268 valence electrons. The Balaban J connectivity index is 1.01. The molecule has 2 aromatic heterocycles. The van der Waals surface area contributed by atoms with Crippen molar-refractivity contribution in [3.8, 4) is 33.6 Å². The number of hydrogen-bond acceptors (Lipinski definition) is 0. The van der Waals surface area contributed by atoms with Crippen LogP contribution in [0, 0.1) is 0 Å². The van der Waals surface area contributed by atoms with Gasteiger partial charge >= 0.3 is 0 Å². The van der Waals surface area contributed by atoms with E-state index in [2.05, 4.69) is 215 Å². The van der Waals surface area contributed by atoms with Crippen LogP contribution in [-0.2, 0) is 11.8 Å². The van der Waals surface area contributed by atoms with Crippen molar-refractivity contribution in [1.82, 2.24) is 9.13 Å². The fourth-order valence-electron chi connectivity index (χ4n) is 10.3. The summed E-state index contributed by atoms with van der Waals surface area (Å²) in [4.78, 5) is 0. The normalized spacial score (nSPS) is 13.9. The maximum atomic E-state index is 2.48. The highest BCUT2D eigenvalue weighted by atomic mass is 15.0. The highest BCUT2D eigenvalue weighted by Crippen LogP contribution is 2.56. The van der Waals surface area contributed by atoms with Gasteiger partial charge in [-0.3, -0.25) is 0 Å². The van der Waals surface area contributed by atoms with Gasteiger partial charge in [-0.1, -0.05) is 158 Å². The van der Waals surface area contributed by atoms with Gasteiger partial charge in [0.15, 0.2) is 0 Å². The van der Waals surface area contributed by atoms with Gasteiger partial charge in [-0.2, -0.15) is 0 Å². The zero-order valence-corrected chi connectivity index (χ0v) is 31.4. The first-order valence-electron chi connectivity index (χ1n) is 20.1. The minimum absolute atomic E-state index is 0.417. The molecule has 8 aromatic carbocycles. The Kier molecular flexibility index (Phi) is 7.00. The predicted octanol–water partition coefficient (Wildman–Crippen LogP) is 13.7. The minimum Gasteiger partial charge on any atom is -0.313 e. The lowest BCUT2D eigenvalue weighted by Gasteiger charge is -2.34. The highest BCUT2D eigenvalue weighted by molar-refractivity contribution is 6.10. The lowest BCUT2D eigenvalue weighted by atomic mass is 9.68. The average molecular weight is 727 g/mol. The molecule has 0 atom stereocenters. The second-order valence-corrected chi connectivity index (χ2v) is 15.5. The molecule has 0 saturated carbocycles. The number of aromatic nitrogens is 2. The Labute approximate surface area is 332 Å². The Morgan fingerprint density at radius 3 is 1.77 bits per heavy atom. The Morgan fingerprint density at radius 1 is 0.404 bits per heavy atom. The van der Waals surface area contributed by atoms with E-state index < -0.39 is 5.41 Å². The molecule has 2 nitrogen and oxygen atoms in total. The van der Waals surface area contributed by atoms with Crippen molar-refractivity contribution in [2.45, 2.75) is 18.3 Å². The lowest BCUT2D eigenvalue weighted by molar-refractivity contribution is 0.768. The van der Waals surface area contributed by atoms with Crippen LogP contribution in [0.1, 0.15) is 39.9 Å². The van der Waals surface area contributed by atoms with Crippen LogP contribution in [0.3, 0.4) is 0 Å². The third-order valence-corrected chi connectivity index (χ3v) is 12.7. The molecular weight excluding hydrogens is 689 g/mol. The van der Waals surface area contributed by atoms with Crippen molar-refractivity contribution < 1.29 is 0 Å². The summed E-state index contributed by atoms with van der Waals surface area (Å²) < 4.78 is 4.92. The number of nitrogens with zero attached hydrogens (tertiary/aromatic N) is 2. The molecule has 2 aliphatic carbocycles. The standard InChI is InChI=1S/C55H38N2/c1-3-15-39(16-4-1)55(49-23-11-7-19-43(49)44-20-8-12-24-50(44)55)40-29-31-42(32-30-40)56-52-26-14-10-22-46(52)48-35-37(28-34-53(48)56)38-27-33-47-45-21-9-13-25-51(45)57(54(47)36-38)41-17-5-2-6-18-41/h1-12,14-24,26-36H,13,25H2. The quantitative estimate of drug-likeness (QED) is 0.167. The van der Waals surface area contributed by atoms with Gasteiger partial charge in [-0.25, -0.2) is 0 Å². The Bertz CT molecular complexity index is 3170. The summed E-state index contributed by atoms with van der Waals surface area (Å²) in [6.07, 6.45) is 6.75. The number of hydrogen-bond donors (Lipinski definition) is 0. The van der Waals surface area contributed by atoms with Crippen molar-refractivity contribution in [3.63, 3.8) is 0 Å². The molecule has 0 amide bonds. The molecule has 10 aromatic rings. The molecule has 0 bridgehead atoms. The topological polar surface area (TPSA) is 9.86 Å². The second-order valence-electron chi connectivity index (χ2n) is 15.5. The Hall–Kier alpha value is -7.16. The summed E-state index contributed by atoms with van der Waals surface area (Å²) in [5.74, 6) is 0. The molecule has 0 radical (unpaired) electrons. The first-order chi connectivity index (χ1) is 28.3. The molecule has 0 unspecified atom stereocenters. The molecular formula is C55H38N2. The number of fused-ring (bicyclic) bond motifs is 9. The summed E-state index contributed by atoms with van der Waals surface area (Å²) >= 11 is 0. The monoisotopic (exact) mass is 726 g/mol. The number of benzene rings is 8. The van der Waals surface area contributed by atoms with Gasteiger partial charge in [0, 0.05) is 38.8 Å².